The van der Waals surface area contributed by atoms with E-state index in [-0.39, 0.29) is 0 Å². The normalized spacial score (nSPS) is 11.0. The molecule has 0 aliphatic heterocycles. The van der Waals surface area contributed by atoms with Crippen molar-refractivity contribution in [2.75, 3.05) is 5.32 Å². The van der Waals surface area contributed by atoms with Gasteiger partial charge in [0.1, 0.15) is 29.7 Å². The number of anilines is 2. The van der Waals surface area contributed by atoms with Crippen LogP contribution < -0.4 is 5.32 Å². The Morgan fingerprint density at radius 3 is 2.71 bits per heavy atom. The summed E-state index contributed by atoms with van der Waals surface area (Å²) in [7, 11) is 0. The molecule has 2 N–H and O–H groups in total. The van der Waals surface area contributed by atoms with Gasteiger partial charge < -0.3 is 10.3 Å². The number of aromatic amines is 1. The van der Waals surface area contributed by atoms with Gasteiger partial charge in [-0.1, -0.05) is 18.1 Å². The molecule has 2 aromatic carbocycles. The van der Waals surface area contributed by atoms with Gasteiger partial charge in [-0.05, 0) is 48.9 Å². The summed E-state index contributed by atoms with van der Waals surface area (Å²) < 4.78 is 0. The molecule has 0 fully saturated rings. The molecule has 166 valence electrons. The molecule has 0 saturated carbocycles. The molecule has 0 aliphatic carbocycles. The number of terminal acetylenes is 1. The van der Waals surface area contributed by atoms with Crippen LogP contribution in [0.15, 0.2) is 73.7 Å². The maximum atomic E-state index is 5.57. The molecule has 0 amide bonds. The minimum Gasteiger partial charge on any atom is -0.341 e. The standard InChI is InChI=1S/C27H18N8/c1-3-17-6-4-7-18(12-17)35-26-20-10-9-16(2)21(23(20)29-13-32-26)22-19(8-5-11-28-22)24-25-27(33-14-30-24)34-15-31-25/h1,4-15H,2H3,(H,29,32,35)(H,30,31,33,34). The highest BCUT2D eigenvalue weighted by Crippen LogP contribution is 2.38. The highest BCUT2D eigenvalue weighted by molar-refractivity contribution is 6.04. The smallest absolute Gasteiger partial charge is 0.181 e. The molecule has 4 aromatic heterocycles. The van der Waals surface area contributed by atoms with Crippen molar-refractivity contribution in [2.45, 2.75) is 6.92 Å². The third-order valence-corrected chi connectivity index (χ3v) is 5.83. The lowest BCUT2D eigenvalue weighted by Crippen LogP contribution is -2.00. The fraction of sp³-hybridized carbons (Fsp3) is 0.0370. The van der Waals surface area contributed by atoms with Crippen LogP contribution in [-0.2, 0) is 0 Å². The second-order valence-corrected chi connectivity index (χ2v) is 7.95. The number of nitrogens with one attached hydrogen (secondary N) is 2. The maximum absolute atomic E-state index is 5.57. The van der Waals surface area contributed by atoms with E-state index in [0.29, 0.717) is 11.5 Å². The topological polar surface area (TPSA) is 105 Å². The molecule has 0 aliphatic rings. The highest BCUT2D eigenvalue weighted by atomic mass is 15.0. The average Bonchev–Trinajstić information content (AvgIpc) is 3.38. The van der Waals surface area contributed by atoms with Crippen molar-refractivity contribution in [1.29, 1.82) is 0 Å². The largest absolute Gasteiger partial charge is 0.341 e. The Balaban J connectivity index is 1.55. The van der Waals surface area contributed by atoms with Crippen molar-refractivity contribution < 1.29 is 0 Å². The molecule has 35 heavy (non-hydrogen) atoms. The van der Waals surface area contributed by atoms with E-state index in [1.54, 1.807) is 18.9 Å². The predicted molar refractivity (Wildman–Crippen MR) is 136 cm³/mol. The molecule has 0 saturated heterocycles. The van der Waals surface area contributed by atoms with Gasteiger partial charge in [-0.2, -0.15) is 0 Å². The van der Waals surface area contributed by atoms with Crippen molar-refractivity contribution in [3.63, 3.8) is 0 Å². The van der Waals surface area contributed by atoms with Gasteiger partial charge in [0.15, 0.2) is 5.65 Å². The van der Waals surface area contributed by atoms with Gasteiger partial charge in [0, 0.05) is 34.0 Å². The molecule has 0 unspecified atom stereocenters. The molecule has 0 radical (unpaired) electrons. The lowest BCUT2D eigenvalue weighted by molar-refractivity contribution is 1.19. The van der Waals surface area contributed by atoms with Crippen molar-refractivity contribution in [1.82, 2.24) is 34.9 Å². The summed E-state index contributed by atoms with van der Waals surface area (Å²) in [6.45, 7) is 2.05. The fourth-order valence-corrected chi connectivity index (χ4v) is 4.22. The Labute approximate surface area is 200 Å². The first-order valence-electron chi connectivity index (χ1n) is 10.9. The molecule has 4 heterocycles. The van der Waals surface area contributed by atoms with E-state index in [1.165, 1.54) is 6.33 Å². The minimum absolute atomic E-state index is 0.599. The molecule has 8 nitrogen and oxygen atoms in total. The first-order chi connectivity index (χ1) is 17.2. The Morgan fingerprint density at radius 1 is 0.886 bits per heavy atom. The Morgan fingerprint density at radius 2 is 1.80 bits per heavy atom. The van der Waals surface area contributed by atoms with Crippen LogP contribution in [0.2, 0.25) is 0 Å². The summed E-state index contributed by atoms with van der Waals surface area (Å²) in [6, 6.07) is 15.6. The molecule has 6 rings (SSSR count). The van der Waals surface area contributed by atoms with Crippen LogP contribution in [-0.4, -0.2) is 34.9 Å². The number of nitrogens with zero attached hydrogens (tertiary/aromatic N) is 6. The Bertz CT molecular complexity index is 1760. The number of fused-ring (bicyclic) bond motifs is 2. The van der Waals surface area contributed by atoms with Crippen LogP contribution in [0, 0.1) is 19.3 Å². The summed E-state index contributed by atoms with van der Waals surface area (Å²) in [5.41, 5.74) is 8.07. The van der Waals surface area contributed by atoms with Crippen LogP contribution in [0.4, 0.5) is 11.5 Å². The summed E-state index contributed by atoms with van der Waals surface area (Å²) in [5, 5.41) is 4.25. The van der Waals surface area contributed by atoms with E-state index in [0.717, 1.165) is 55.7 Å². The van der Waals surface area contributed by atoms with Crippen LogP contribution in [0.25, 0.3) is 44.6 Å². The van der Waals surface area contributed by atoms with Gasteiger partial charge in [-0.15, -0.1) is 6.42 Å². The van der Waals surface area contributed by atoms with Crippen molar-refractivity contribution in [3.8, 4) is 34.9 Å². The van der Waals surface area contributed by atoms with Gasteiger partial charge in [-0.3, -0.25) is 4.98 Å². The second kappa shape index (κ2) is 8.32. The fourth-order valence-electron chi connectivity index (χ4n) is 4.22. The van der Waals surface area contributed by atoms with Crippen LogP contribution >= 0.6 is 0 Å². The number of hydrogen-bond acceptors (Lipinski definition) is 7. The highest BCUT2D eigenvalue weighted by Gasteiger charge is 2.19. The molecule has 6 aromatic rings. The SMILES string of the molecule is C#Cc1cccc(Nc2ncnc3c(-c4ncccc4-c4ncnc5nc[nH]c45)c(C)ccc23)c1. The number of hydrogen-bond donors (Lipinski definition) is 2. The summed E-state index contributed by atoms with van der Waals surface area (Å²) in [6.07, 6.45) is 12.0. The number of aryl methyl sites for hydroxylation is 1. The zero-order valence-corrected chi connectivity index (χ0v) is 18.7. The average molecular weight is 454 g/mol. The van der Waals surface area contributed by atoms with E-state index >= 15 is 0 Å². The third-order valence-electron chi connectivity index (χ3n) is 5.83. The minimum atomic E-state index is 0.599. The zero-order chi connectivity index (χ0) is 23.8. The first kappa shape index (κ1) is 20.4. The van der Waals surface area contributed by atoms with Gasteiger partial charge >= 0.3 is 0 Å². The maximum Gasteiger partial charge on any atom is 0.181 e. The van der Waals surface area contributed by atoms with E-state index in [2.05, 4.69) is 41.1 Å². The van der Waals surface area contributed by atoms with Gasteiger partial charge in [-0.25, -0.2) is 24.9 Å². The molecular formula is C27H18N8. The summed E-state index contributed by atoms with van der Waals surface area (Å²) in [5.74, 6) is 3.34. The van der Waals surface area contributed by atoms with Crippen molar-refractivity contribution >= 4 is 33.6 Å². The van der Waals surface area contributed by atoms with Crippen LogP contribution in [0.5, 0.6) is 0 Å². The summed E-state index contributed by atoms with van der Waals surface area (Å²) in [4.78, 5) is 30.2. The number of H-pyrrole nitrogens is 1. The van der Waals surface area contributed by atoms with Gasteiger partial charge in [0.2, 0.25) is 0 Å². The predicted octanol–water partition coefficient (Wildman–Crippen LogP) is 5.06. The molecule has 0 spiro atoms. The quantitative estimate of drug-likeness (QED) is 0.359. The lowest BCUT2D eigenvalue weighted by atomic mass is 9.96. The number of imidazole rings is 1. The van der Waals surface area contributed by atoms with Gasteiger partial charge in [0.25, 0.3) is 0 Å². The van der Waals surface area contributed by atoms with E-state index in [9.17, 15) is 0 Å². The van der Waals surface area contributed by atoms with Crippen LogP contribution in [0.1, 0.15) is 11.1 Å². The first-order valence-corrected chi connectivity index (χ1v) is 10.9. The van der Waals surface area contributed by atoms with Crippen molar-refractivity contribution in [3.05, 3.63) is 84.8 Å². The molecule has 8 heteroatoms. The lowest BCUT2D eigenvalue weighted by Gasteiger charge is -2.15. The Hall–Kier alpha value is -5.16. The second-order valence-electron chi connectivity index (χ2n) is 7.95. The zero-order valence-electron chi connectivity index (χ0n) is 18.7. The Kier molecular flexibility index (Phi) is 4.86. The number of benzene rings is 2. The molecule has 0 atom stereocenters. The number of aromatic nitrogens is 7. The number of pyridine rings is 1. The number of rotatable bonds is 4. The van der Waals surface area contributed by atoms with Crippen molar-refractivity contribution in [2.24, 2.45) is 0 Å². The molecule has 0 bridgehead atoms. The summed E-state index contributed by atoms with van der Waals surface area (Å²) >= 11 is 0. The van der Waals surface area contributed by atoms with Gasteiger partial charge in [0.05, 0.1) is 17.5 Å². The monoisotopic (exact) mass is 454 g/mol. The third kappa shape index (κ3) is 3.52. The van der Waals surface area contributed by atoms with E-state index in [4.69, 9.17) is 11.4 Å². The van der Waals surface area contributed by atoms with E-state index in [1.807, 2.05) is 55.5 Å². The van der Waals surface area contributed by atoms with Crippen LogP contribution in [0.3, 0.4) is 0 Å². The molecular weight excluding hydrogens is 436 g/mol. The van der Waals surface area contributed by atoms with E-state index < -0.39 is 0 Å².